The van der Waals surface area contributed by atoms with Gasteiger partial charge in [0.1, 0.15) is 18.1 Å². The molecule has 1 atom stereocenters. The van der Waals surface area contributed by atoms with E-state index in [1.165, 1.54) is 0 Å². The fourth-order valence-electron chi connectivity index (χ4n) is 2.56. The molecule has 0 saturated carbocycles. The SMILES string of the molecule is O=C(COc1ccc(Br)cc1Br)Nc1cccc(OCC2CCCO2)c1. The van der Waals surface area contributed by atoms with Gasteiger partial charge in [-0.1, -0.05) is 22.0 Å². The van der Waals surface area contributed by atoms with Crippen molar-refractivity contribution in [2.75, 3.05) is 25.1 Å². The molecule has 0 aromatic heterocycles. The summed E-state index contributed by atoms with van der Waals surface area (Å²) in [5.41, 5.74) is 0.665. The number of ether oxygens (including phenoxy) is 3. The van der Waals surface area contributed by atoms with Crippen LogP contribution in [0.25, 0.3) is 0 Å². The Balaban J connectivity index is 1.49. The molecule has 1 aliphatic heterocycles. The average Bonchev–Trinajstić information content (AvgIpc) is 3.13. The predicted octanol–water partition coefficient (Wildman–Crippen LogP) is 4.79. The average molecular weight is 485 g/mol. The smallest absolute Gasteiger partial charge is 0.262 e. The number of rotatable bonds is 7. The van der Waals surface area contributed by atoms with Crippen molar-refractivity contribution in [1.29, 1.82) is 0 Å². The zero-order valence-electron chi connectivity index (χ0n) is 14.0. The van der Waals surface area contributed by atoms with E-state index in [-0.39, 0.29) is 18.6 Å². The van der Waals surface area contributed by atoms with Crippen molar-refractivity contribution in [3.63, 3.8) is 0 Å². The van der Waals surface area contributed by atoms with E-state index < -0.39 is 0 Å². The van der Waals surface area contributed by atoms with E-state index in [9.17, 15) is 4.79 Å². The van der Waals surface area contributed by atoms with Crippen molar-refractivity contribution in [2.24, 2.45) is 0 Å². The van der Waals surface area contributed by atoms with Crippen molar-refractivity contribution in [3.05, 3.63) is 51.4 Å². The lowest BCUT2D eigenvalue weighted by atomic mass is 10.2. The molecule has 1 amide bonds. The standard InChI is InChI=1S/C19H19Br2NO4/c20-13-6-7-18(17(21)9-13)26-12-19(23)22-14-3-1-4-15(10-14)25-11-16-5-2-8-24-16/h1,3-4,6-7,9-10,16H,2,5,8,11-12H2,(H,22,23). The molecule has 2 aromatic carbocycles. The van der Waals surface area contributed by atoms with E-state index >= 15 is 0 Å². The maximum atomic E-state index is 12.1. The van der Waals surface area contributed by atoms with Gasteiger partial charge in [-0.2, -0.15) is 0 Å². The zero-order chi connectivity index (χ0) is 18.4. The zero-order valence-corrected chi connectivity index (χ0v) is 17.2. The molecule has 5 nitrogen and oxygen atoms in total. The van der Waals surface area contributed by atoms with Crippen LogP contribution in [0.15, 0.2) is 51.4 Å². The van der Waals surface area contributed by atoms with Crippen LogP contribution < -0.4 is 14.8 Å². The first-order valence-corrected chi connectivity index (χ1v) is 9.91. The van der Waals surface area contributed by atoms with Crippen molar-refractivity contribution in [2.45, 2.75) is 18.9 Å². The molecule has 1 heterocycles. The molecule has 2 aromatic rings. The summed E-state index contributed by atoms with van der Waals surface area (Å²) in [6, 6.07) is 12.8. The molecule has 7 heteroatoms. The van der Waals surface area contributed by atoms with Gasteiger partial charge in [-0.3, -0.25) is 4.79 Å². The molecule has 0 radical (unpaired) electrons. The van der Waals surface area contributed by atoms with Crippen LogP contribution in [0.1, 0.15) is 12.8 Å². The number of nitrogens with one attached hydrogen (secondary N) is 1. The number of carbonyl (C=O) groups excluding carboxylic acids is 1. The Bertz CT molecular complexity index is 763. The Hall–Kier alpha value is -1.57. The van der Waals surface area contributed by atoms with Crippen molar-refractivity contribution >= 4 is 43.5 Å². The maximum Gasteiger partial charge on any atom is 0.262 e. The molecule has 0 bridgehead atoms. The van der Waals surface area contributed by atoms with Crippen LogP contribution in [-0.4, -0.2) is 31.8 Å². The van der Waals surface area contributed by atoms with E-state index in [1.54, 1.807) is 12.1 Å². The molecule has 138 valence electrons. The second-order valence-corrected chi connectivity index (χ2v) is 7.66. The van der Waals surface area contributed by atoms with E-state index in [0.717, 1.165) is 28.4 Å². The highest BCUT2D eigenvalue weighted by molar-refractivity contribution is 9.11. The molecule has 0 aliphatic carbocycles. The number of hydrogen-bond donors (Lipinski definition) is 1. The van der Waals surface area contributed by atoms with Gasteiger partial charge in [-0.05, 0) is 59.1 Å². The predicted molar refractivity (Wildman–Crippen MR) is 107 cm³/mol. The van der Waals surface area contributed by atoms with Gasteiger partial charge >= 0.3 is 0 Å². The quantitative estimate of drug-likeness (QED) is 0.614. The van der Waals surface area contributed by atoms with Gasteiger partial charge in [0.2, 0.25) is 0 Å². The molecule has 1 unspecified atom stereocenters. The highest BCUT2D eigenvalue weighted by Gasteiger charge is 2.16. The number of carbonyl (C=O) groups is 1. The van der Waals surface area contributed by atoms with E-state index in [2.05, 4.69) is 37.2 Å². The van der Waals surface area contributed by atoms with Gasteiger partial charge in [-0.25, -0.2) is 0 Å². The third kappa shape index (κ3) is 5.72. The van der Waals surface area contributed by atoms with Gasteiger partial charge in [-0.15, -0.1) is 0 Å². The number of halogens is 2. The summed E-state index contributed by atoms with van der Waals surface area (Å²) in [5, 5.41) is 2.81. The van der Waals surface area contributed by atoms with Crippen LogP contribution in [0, 0.1) is 0 Å². The minimum Gasteiger partial charge on any atom is -0.491 e. The van der Waals surface area contributed by atoms with Gasteiger partial charge in [0, 0.05) is 22.8 Å². The lowest BCUT2D eigenvalue weighted by Gasteiger charge is -2.13. The van der Waals surface area contributed by atoms with Gasteiger partial charge < -0.3 is 19.5 Å². The minimum atomic E-state index is -0.240. The summed E-state index contributed by atoms with van der Waals surface area (Å²) in [4.78, 5) is 12.1. The lowest BCUT2D eigenvalue weighted by Crippen LogP contribution is -2.20. The maximum absolute atomic E-state index is 12.1. The normalized spacial score (nSPS) is 16.3. The fourth-order valence-corrected chi connectivity index (χ4v) is 3.72. The van der Waals surface area contributed by atoms with Crippen LogP contribution in [0.5, 0.6) is 11.5 Å². The monoisotopic (exact) mass is 483 g/mol. The molecule has 1 aliphatic rings. The third-order valence-corrected chi connectivity index (χ3v) is 4.94. The molecule has 26 heavy (non-hydrogen) atoms. The number of benzene rings is 2. The van der Waals surface area contributed by atoms with E-state index in [1.807, 2.05) is 30.3 Å². The Kier molecular flexibility index (Phi) is 6.93. The molecular formula is C19H19Br2NO4. The summed E-state index contributed by atoms with van der Waals surface area (Å²) in [7, 11) is 0. The topological polar surface area (TPSA) is 56.8 Å². The molecule has 0 spiro atoms. The molecule has 1 fully saturated rings. The lowest BCUT2D eigenvalue weighted by molar-refractivity contribution is -0.118. The molecule has 3 rings (SSSR count). The summed E-state index contributed by atoms with van der Waals surface area (Å²) in [5.74, 6) is 1.07. The first kappa shape index (κ1) is 19.2. The van der Waals surface area contributed by atoms with Crippen molar-refractivity contribution in [3.8, 4) is 11.5 Å². The van der Waals surface area contributed by atoms with Crippen molar-refractivity contribution in [1.82, 2.24) is 0 Å². The Morgan fingerprint density at radius 1 is 1.19 bits per heavy atom. The number of anilines is 1. The highest BCUT2D eigenvalue weighted by atomic mass is 79.9. The summed E-state index contributed by atoms with van der Waals surface area (Å²) < 4.78 is 18.5. The Morgan fingerprint density at radius 3 is 2.85 bits per heavy atom. The summed E-state index contributed by atoms with van der Waals surface area (Å²) in [6.07, 6.45) is 2.27. The minimum absolute atomic E-state index is 0.0821. The van der Waals surface area contributed by atoms with E-state index in [0.29, 0.717) is 23.8 Å². The number of amides is 1. The van der Waals surface area contributed by atoms with Crippen LogP contribution in [0.4, 0.5) is 5.69 Å². The summed E-state index contributed by atoms with van der Waals surface area (Å²) in [6.45, 7) is 1.25. The molecule has 1 saturated heterocycles. The van der Waals surface area contributed by atoms with Crippen LogP contribution >= 0.6 is 31.9 Å². The summed E-state index contributed by atoms with van der Waals surface area (Å²) >= 11 is 6.78. The van der Waals surface area contributed by atoms with Gasteiger partial charge in [0.05, 0.1) is 10.6 Å². The van der Waals surface area contributed by atoms with Crippen LogP contribution in [0.3, 0.4) is 0 Å². The molecular weight excluding hydrogens is 466 g/mol. The third-order valence-electron chi connectivity index (χ3n) is 3.83. The van der Waals surface area contributed by atoms with Crippen LogP contribution in [0.2, 0.25) is 0 Å². The Labute approximate surface area is 169 Å². The second kappa shape index (κ2) is 9.39. The van der Waals surface area contributed by atoms with Crippen LogP contribution in [-0.2, 0) is 9.53 Å². The highest BCUT2D eigenvalue weighted by Crippen LogP contribution is 2.28. The first-order chi connectivity index (χ1) is 12.6. The van der Waals surface area contributed by atoms with Gasteiger partial charge in [0.25, 0.3) is 5.91 Å². The second-order valence-electron chi connectivity index (χ2n) is 5.89. The largest absolute Gasteiger partial charge is 0.491 e. The van der Waals surface area contributed by atoms with E-state index in [4.69, 9.17) is 14.2 Å². The van der Waals surface area contributed by atoms with Crippen molar-refractivity contribution < 1.29 is 19.0 Å². The first-order valence-electron chi connectivity index (χ1n) is 8.32. The van der Waals surface area contributed by atoms with Gasteiger partial charge in [0.15, 0.2) is 6.61 Å². The Morgan fingerprint density at radius 2 is 2.08 bits per heavy atom. The fraction of sp³-hybridized carbons (Fsp3) is 0.316. The molecule has 1 N–H and O–H groups in total. The number of hydrogen-bond acceptors (Lipinski definition) is 4.